The number of nitrogens with zero attached hydrogens (tertiary/aromatic N) is 1. The molecule has 6 heteroatoms. The van der Waals surface area contributed by atoms with E-state index < -0.39 is 11.7 Å². The van der Waals surface area contributed by atoms with Gasteiger partial charge in [0, 0.05) is 19.2 Å². The third-order valence-electron chi connectivity index (χ3n) is 3.51. The van der Waals surface area contributed by atoms with Gasteiger partial charge in [0.25, 0.3) is 0 Å². The summed E-state index contributed by atoms with van der Waals surface area (Å²) in [6.07, 6.45) is -0.537. The first-order valence-electron chi connectivity index (χ1n) is 8.76. The Kier molecular flexibility index (Phi) is 6.82. The summed E-state index contributed by atoms with van der Waals surface area (Å²) in [6.45, 7) is 5.55. The zero-order valence-electron chi connectivity index (χ0n) is 16.2. The van der Waals surface area contributed by atoms with Crippen molar-refractivity contribution < 1.29 is 19.1 Å². The van der Waals surface area contributed by atoms with Crippen LogP contribution in [0.4, 0.5) is 4.79 Å². The Bertz CT molecular complexity index is 769. The highest BCUT2D eigenvalue weighted by Crippen LogP contribution is 2.24. The van der Waals surface area contributed by atoms with Crippen LogP contribution in [0.2, 0.25) is 0 Å². The summed E-state index contributed by atoms with van der Waals surface area (Å²) in [5, 5.41) is 2.81. The van der Waals surface area contributed by atoms with Crippen LogP contribution in [0.5, 0.6) is 11.5 Å². The highest BCUT2D eigenvalue weighted by Gasteiger charge is 2.21. The molecule has 0 spiro atoms. The maximum Gasteiger partial charge on any atom is 0.410 e. The molecule has 2 aromatic carbocycles. The lowest BCUT2D eigenvalue weighted by Gasteiger charge is -2.24. The largest absolute Gasteiger partial charge is 0.457 e. The van der Waals surface area contributed by atoms with Crippen LogP contribution in [0.1, 0.15) is 26.3 Å². The molecule has 2 rings (SSSR count). The van der Waals surface area contributed by atoms with Crippen LogP contribution in [0.3, 0.4) is 0 Å². The smallest absolute Gasteiger partial charge is 0.410 e. The molecule has 27 heavy (non-hydrogen) atoms. The summed E-state index contributed by atoms with van der Waals surface area (Å²) in [6, 6.07) is 16.9. The number of benzene rings is 2. The molecule has 0 radical (unpaired) electrons. The fourth-order valence-corrected chi connectivity index (χ4v) is 2.23. The van der Waals surface area contributed by atoms with Gasteiger partial charge in [-0.15, -0.1) is 0 Å². The lowest BCUT2D eigenvalue weighted by Crippen LogP contribution is -2.40. The Labute approximate surface area is 160 Å². The Morgan fingerprint density at radius 2 is 1.63 bits per heavy atom. The second-order valence-corrected chi connectivity index (χ2v) is 7.14. The molecule has 0 bridgehead atoms. The molecule has 0 saturated carbocycles. The van der Waals surface area contributed by atoms with Crippen molar-refractivity contribution in [2.24, 2.45) is 0 Å². The van der Waals surface area contributed by atoms with E-state index >= 15 is 0 Å². The Morgan fingerprint density at radius 1 is 1.00 bits per heavy atom. The number of para-hydroxylation sites is 2. The molecular weight excluding hydrogens is 344 g/mol. The van der Waals surface area contributed by atoms with Crippen molar-refractivity contribution in [2.75, 3.05) is 13.6 Å². The van der Waals surface area contributed by atoms with E-state index in [2.05, 4.69) is 5.32 Å². The van der Waals surface area contributed by atoms with Gasteiger partial charge in [0.15, 0.2) is 0 Å². The number of hydrogen-bond donors (Lipinski definition) is 1. The van der Waals surface area contributed by atoms with E-state index in [9.17, 15) is 9.59 Å². The van der Waals surface area contributed by atoms with Gasteiger partial charge in [-0.05, 0) is 39.0 Å². The number of likely N-dealkylation sites (N-methyl/N-ethyl adjacent to an activating group) is 1. The first kappa shape index (κ1) is 20.3. The van der Waals surface area contributed by atoms with Crippen LogP contribution in [0.15, 0.2) is 54.6 Å². The maximum atomic E-state index is 12.2. The molecule has 144 valence electrons. The average molecular weight is 370 g/mol. The minimum atomic E-state index is -0.602. The number of nitrogens with one attached hydrogen (secondary N) is 1. The van der Waals surface area contributed by atoms with Crippen molar-refractivity contribution in [3.8, 4) is 11.5 Å². The number of amides is 2. The van der Waals surface area contributed by atoms with Gasteiger partial charge in [-0.1, -0.05) is 36.4 Å². The molecule has 0 unspecified atom stereocenters. The molecule has 2 amide bonds. The van der Waals surface area contributed by atoms with Crippen molar-refractivity contribution in [3.05, 3.63) is 60.2 Å². The van der Waals surface area contributed by atoms with Crippen molar-refractivity contribution in [1.82, 2.24) is 10.2 Å². The third kappa shape index (κ3) is 7.01. The maximum absolute atomic E-state index is 12.2. The highest BCUT2D eigenvalue weighted by atomic mass is 16.6. The van der Waals surface area contributed by atoms with Crippen molar-refractivity contribution >= 4 is 12.0 Å². The zero-order valence-corrected chi connectivity index (χ0v) is 16.2. The number of ether oxygens (including phenoxy) is 2. The van der Waals surface area contributed by atoms with E-state index in [4.69, 9.17) is 9.47 Å². The molecule has 0 aromatic heterocycles. The molecule has 0 atom stereocenters. The minimum absolute atomic E-state index is 0.0867. The van der Waals surface area contributed by atoms with Gasteiger partial charge in [0.2, 0.25) is 5.91 Å². The summed E-state index contributed by atoms with van der Waals surface area (Å²) in [5.41, 5.74) is 0.241. The Morgan fingerprint density at radius 3 is 2.30 bits per heavy atom. The van der Waals surface area contributed by atoms with Gasteiger partial charge in [0.1, 0.15) is 23.6 Å². The van der Waals surface area contributed by atoms with Gasteiger partial charge < -0.3 is 19.7 Å². The van der Waals surface area contributed by atoms with Crippen LogP contribution in [-0.4, -0.2) is 36.1 Å². The van der Waals surface area contributed by atoms with E-state index in [0.717, 1.165) is 11.3 Å². The normalized spacial score (nSPS) is 10.8. The fraction of sp³-hybridized carbons (Fsp3) is 0.333. The standard InChI is InChI=1S/C21H26N2O4/c1-21(2,3)27-20(25)23(4)15-19(24)22-14-16-10-8-9-13-18(16)26-17-11-6-5-7-12-17/h5-13H,14-15H2,1-4H3,(H,22,24). The lowest BCUT2D eigenvalue weighted by molar-refractivity contribution is -0.122. The lowest BCUT2D eigenvalue weighted by atomic mass is 10.2. The summed E-state index contributed by atoms with van der Waals surface area (Å²) in [7, 11) is 1.53. The van der Waals surface area contributed by atoms with Crippen LogP contribution < -0.4 is 10.1 Å². The van der Waals surface area contributed by atoms with Gasteiger partial charge in [-0.2, -0.15) is 0 Å². The van der Waals surface area contributed by atoms with Crippen molar-refractivity contribution in [3.63, 3.8) is 0 Å². The second-order valence-electron chi connectivity index (χ2n) is 7.14. The number of hydrogen-bond acceptors (Lipinski definition) is 4. The summed E-state index contributed by atoms with van der Waals surface area (Å²) < 4.78 is 11.1. The van der Waals surface area contributed by atoms with Crippen LogP contribution in [0.25, 0.3) is 0 Å². The van der Waals surface area contributed by atoms with Crippen LogP contribution >= 0.6 is 0 Å². The summed E-state index contributed by atoms with van der Waals surface area (Å²) in [5.74, 6) is 1.11. The summed E-state index contributed by atoms with van der Waals surface area (Å²) in [4.78, 5) is 25.3. The molecule has 0 aliphatic carbocycles. The number of carbonyl (C=O) groups excluding carboxylic acids is 2. The monoisotopic (exact) mass is 370 g/mol. The van der Waals surface area contributed by atoms with Crippen molar-refractivity contribution in [2.45, 2.75) is 32.9 Å². The van der Waals surface area contributed by atoms with E-state index in [1.54, 1.807) is 20.8 Å². The quantitative estimate of drug-likeness (QED) is 0.836. The topological polar surface area (TPSA) is 67.9 Å². The van der Waals surface area contributed by atoms with E-state index in [0.29, 0.717) is 12.3 Å². The Hall–Kier alpha value is -3.02. The summed E-state index contributed by atoms with van der Waals surface area (Å²) >= 11 is 0. The molecular formula is C21H26N2O4. The van der Waals surface area contributed by atoms with E-state index in [1.807, 2.05) is 54.6 Å². The van der Waals surface area contributed by atoms with Crippen LogP contribution in [-0.2, 0) is 16.1 Å². The molecule has 1 N–H and O–H groups in total. The van der Waals surface area contributed by atoms with Gasteiger partial charge in [-0.3, -0.25) is 4.79 Å². The molecule has 0 fully saturated rings. The van der Waals surface area contributed by atoms with E-state index in [1.165, 1.54) is 11.9 Å². The third-order valence-corrected chi connectivity index (χ3v) is 3.51. The number of carbonyl (C=O) groups is 2. The molecule has 2 aromatic rings. The predicted molar refractivity (Wildman–Crippen MR) is 104 cm³/mol. The minimum Gasteiger partial charge on any atom is -0.457 e. The van der Waals surface area contributed by atoms with Crippen LogP contribution in [0, 0.1) is 0 Å². The fourth-order valence-electron chi connectivity index (χ4n) is 2.23. The molecule has 0 saturated heterocycles. The SMILES string of the molecule is CN(CC(=O)NCc1ccccc1Oc1ccccc1)C(=O)OC(C)(C)C. The first-order chi connectivity index (χ1) is 12.7. The molecule has 0 aliphatic rings. The second kappa shape index (κ2) is 9.07. The van der Waals surface area contributed by atoms with Gasteiger partial charge in [-0.25, -0.2) is 4.79 Å². The average Bonchev–Trinajstić information content (AvgIpc) is 2.60. The van der Waals surface area contributed by atoms with Gasteiger partial charge >= 0.3 is 6.09 Å². The predicted octanol–water partition coefficient (Wildman–Crippen LogP) is 3.96. The van der Waals surface area contributed by atoms with E-state index in [-0.39, 0.29) is 12.5 Å². The van der Waals surface area contributed by atoms with Gasteiger partial charge in [0.05, 0.1) is 0 Å². The molecule has 0 aliphatic heterocycles. The first-order valence-corrected chi connectivity index (χ1v) is 8.76. The zero-order chi connectivity index (χ0) is 19.9. The Balaban J connectivity index is 1.91. The van der Waals surface area contributed by atoms with Crippen molar-refractivity contribution in [1.29, 1.82) is 0 Å². The number of rotatable bonds is 6. The highest BCUT2D eigenvalue weighted by molar-refractivity contribution is 5.82. The molecule has 0 heterocycles. The molecule has 6 nitrogen and oxygen atoms in total.